The van der Waals surface area contributed by atoms with Crippen molar-refractivity contribution < 1.29 is 4.79 Å². The number of allylic oxidation sites excluding steroid dienone is 4. The van der Waals surface area contributed by atoms with E-state index in [-0.39, 0.29) is 17.1 Å². The highest BCUT2D eigenvalue weighted by molar-refractivity contribution is 6.14. The molecule has 0 bridgehead atoms. The maximum Gasteiger partial charge on any atom is 0.193 e. The third kappa shape index (κ3) is 2.66. The molecule has 0 amide bonds. The van der Waals surface area contributed by atoms with Gasteiger partial charge in [-0.25, -0.2) is 0 Å². The summed E-state index contributed by atoms with van der Waals surface area (Å²) >= 11 is 0. The van der Waals surface area contributed by atoms with E-state index in [4.69, 9.17) is 0 Å². The van der Waals surface area contributed by atoms with Crippen LogP contribution in [0.4, 0.5) is 0 Å². The van der Waals surface area contributed by atoms with Crippen molar-refractivity contribution in [2.75, 3.05) is 0 Å². The Morgan fingerprint density at radius 3 is 2.02 bits per heavy atom. The van der Waals surface area contributed by atoms with Crippen LogP contribution in [0.2, 0.25) is 0 Å². The first-order valence-electron chi connectivity index (χ1n) is 14.4. The lowest BCUT2D eigenvalue weighted by Crippen LogP contribution is -2.44. The number of carbonyl (C=O) groups is 1. The molecule has 0 N–H and O–H groups in total. The minimum atomic E-state index is -0.501. The Bertz CT molecular complexity index is 2090. The Morgan fingerprint density at radius 2 is 1.27 bits per heavy atom. The monoisotopic (exact) mass is 525 g/mol. The summed E-state index contributed by atoms with van der Waals surface area (Å²) in [6.45, 7) is 2.38. The van der Waals surface area contributed by atoms with Gasteiger partial charge in [0.2, 0.25) is 0 Å². The Hall–Kier alpha value is -4.95. The van der Waals surface area contributed by atoms with E-state index in [1.54, 1.807) is 0 Å². The molecular weight excluding hydrogens is 498 g/mol. The summed E-state index contributed by atoms with van der Waals surface area (Å²) in [7, 11) is 0. The third-order valence-corrected chi connectivity index (χ3v) is 9.99. The van der Waals surface area contributed by atoms with Crippen LogP contribution in [-0.4, -0.2) is 10.4 Å². The molecule has 41 heavy (non-hydrogen) atoms. The molecule has 6 aromatic rings. The zero-order chi connectivity index (χ0) is 27.3. The first-order chi connectivity index (χ1) is 20.1. The molecule has 1 spiro atoms. The van der Waals surface area contributed by atoms with Gasteiger partial charge >= 0.3 is 0 Å². The highest BCUT2D eigenvalue weighted by Gasteiger charge is 2.61. The van der Waals surface area contributed by atoms with Crippen LogP contribution in [0, 0.1) is 5.92 Å². The van der Waals surface area contributed by atoms with Crippen molar-refractivity contribution in [1.29, 1.82) is 0 Å². The number of aromatic nitrogens is 1. The van der Waals surface area contributed by atoms with Crippen molar-refractivity contribution in [2.45, 2.75) is 17.8 Å². The number of nitrogens with zero attached hydrogens (tertiary/aromatic N) is 1. The molecule has 2 unspecified atom stereocenters. The van der Waals surface area contributed by atoms with Crippen LogP contribution < -0.4 is 0 Å². The van der Waals surface area contributed by atoms with Gasteiger partial charge < -0.3 is 4.57 Å². The van der Waals surface area contributed by atoms with Crippen molar-refractivity contribution >= 4 is 27.6 Å². The van der Waals surface area contributed by atoms with Gasteiger partial charge in [-0.1, -0.05) is 116 Å². The average molecular weight is 526 g/mol. The van der Waals surface area contributed by atoms with Crippen LogP contribution in [0.15, 0.2) is 140 Å². The smallest absolute Gasteiger partial charge is 0.193 e. The van der Waals surface area contributed by atoms with Gasteiger partial charge in [0.15, 0.2) is 5.78 Å². The molecule has 0 saturated carbocycles. The topological polar surface area (TPSA) is 22.0 Å². The second kappa shape index (κ2) is 7.83. The summed E-state index contributed by atoms with van der Waals surface area (Å²) < 4.78 is 2.40. The van der Waals surface area contributed by atoms with Crippen molar-refractivity contribution in [3.63, 3.8) is 0 Å². The van der Waals surface area contributed by atoms with Crippen molar-refractivity contribution in [3.05, 3.63) is 173 Å². The molecule has 2 nitrogen and oxygen atoms in total. The lowest BCUT2D eigenvalue weighted by Gasteiger charge is -2.45. The predicted molar refractivity (Wildman–Crippen MR) is 166 cm³/mol. The summed E-state index contributed by atoms with van der Waals surface area (Å²) in [4.78, 5) is 13.9. The first-order valence-corrected chi connectivity index (χ1v) is 14.4. The van der Waals surface area contributed by atoms with Crippen LogP contribution in [-0.2, 0) is 10.8 Å². The Labute approximate surface area is 238 Å². The number of benzene rings is 5. The molecule has 5 aromatic carbocycles. The largest absolute Gasteiger partial charge is 0.309 e. The fourth-order valence-electron chi connectivity index (χ4n) is 8.36. The SMILES string of the molecule is CC12C=CC=CC1C1(c3ccccc3C(=O)c3ccccc31)c1cc3c(cc12)c1ccccc1n3-c1ccccc1. The van der Waals surface area contributed by atoms with Gasteiger partial charge in [0, 0.05) is 38.9 Å². The standard InChI is InChI=1S/C39H27NO/c1-38-22-12-11-21-36(38)39(30-18-8-5-16-27(30)37(41)28-17-6-9-19-31(28)39)33-24-35-29(23-32(33)38)26-15-7-10-20-34(26)40(35)25-13-3-2-4-14-25/h2-24,36H,1H3. The van der Waals surface area contributed by atoms with Crippen LogP contribution in [0.25, 0.3) is 27.5 Å². The average Bonchev–Trinajstić information content (AvgIpc) is 3.47. The van der Waals surface area contributed by atoms with Crippen LogP contribution in [0.1, 0.15) is 45.1 Å². The molecule has 0 fully saturated rings. The Balaban J connectivity index is 1.50. The van der Waals surface area contributed by atoms with Gasteiger partial charge in [0.25, 0.3) is 0 Å². The summed E-state index contributed by atoms with van der Waals surface area (Å²) in [6, 6.07) is 40.9. The molecule has 0 radical (unpaired) electrons. The van der Waals surface area contributed by atoms with Crippen LogP contribution in [0.5, 0.6) is 0 Å². The number of hydrogen-bond donors (Lipinski definition) is 0. The van der Waals surface area contributed by atoms with Gasteiger partial charge in [-0.15, -0.1) is 0 Å². The van der Waals surface area contributed by atoms with Crippen molar-refractivity contribution in [3.8, 4) is 5.69 Å². The summed E-state index contributed by atoms with van der Waals surface area (Å²) in [5.41, 5.74) is 9.28. The number of fused-ring (bicyclic) bond motifs is 12. The van der Waals surface area contributed by atoms with Gasteiger partial charge in [-0.05, 0) is 52.6 Å². The Morgan fingerprint density at radius 1 is 0.610 bits per heavy atom. The molecule has 3 aliphatic carbocycles. The van der Waals surface area contributed by atoms with Gasteiger partial charge in [0.1, 0.15) is 0 Å². The van der Waals surface area contributed by atoms with Gasteiger partial charge in [-0.2, -0.15) is 0 Å². The molecule has 0 aliphatic heterocycles. The summed E-state index contributed by atoms with van der Waals surface area (Å²) in [5.74, 6) is 0.236. The van der Waals surface area contributed by atoms with E-state index in [0.29, 0.717) is 0 Å². The molecular formula is C39H27NO. The molecule has 194 valence electrons. The number of rotatable bonds is 1. The van der Waals surface area contributed by atoms with E-state index in [0.717, 1.165) is 27.9 Å². The normalized spacial score (nSPS) is 21.2. The summed E-state index contributed by atoms with van der Waals surface area (Å²) in [5, 5.41) is 2.52. The maximum atomic E-state index is 13.9. The lowest BCUT2D eigenvalue weighted by molar-refractivity contribution is 0.102. The fraction of sp³-hybridized carbons (Fsp3) is 0.103. The van der Waals surface area contributed by atoms with E-state index in [9.17, 15) is 4.79 Å². The van der Waals surface area contributed by atoms with Crippen molar-refractivity contribution in [1.82, 2.24) is 4.57 Å². The zero-order valence-electron chi connectivity index (χ0n) is 22.7. The zero-order valence-corrected chi connectivity index (χ0v) is 22.7. The Kier molecular flexibility index (Phi) is 4.36. The second-order valence-electron chi connectivity index (χ2n) is 11.8. The number of carbonyl (C=O) groups excluding carboxylic acids is 1. The fourth-order valence-corrected chi connectivity index (χ4v) is 8.36. The first kappa shape index (κ1) is 22.8. The van der Waals surface area contributed by atoms with E-state index in [1.165, 1.54) is 32.9 Å². The van der Waals surface area contributed by atoms with Crippen molar-refractivity contribution in [2.24, 2.45) is 5.92 Å². The number of ketones is 1. The maximum absolute atomic E-state index is 13.9. The molecule has 1 heterocycles. The van der Waals surface area contributed by atoms with Crippen LogP contribution in [0.3, 0.4) is 0 Å². The van der Waals surface area contributed by atoms with Gasteiger partial charge in [-0.3, -0.25) is 4.79 Å². The number of hydrogen-bond acceptors (Lipinski definition) is 1. The van der Waals surface area contributed by atoms with Gasteiger partial charge in [0.05, 0.1) is 16.4 Å². The highest BCUT2D eigenvalue weighted by Crippen LogP contribution is 2.65. The van der Waals surface area contributed by atoms with E-state index in [1.807, 2.05) is 24.3 Å². The molecule has 2 heteroatoms. The van der Waals surface area contributed by atoms with E-state index >= 15 is 0 Å². The molecule has 2 atom stereocenters. The quantitative estimate of drug-likeness (QED) is 0.210. The minimum absolute atomic E-state index is 0.117. The second-order valence-corrected chi connectivity index (χ2v) is 11.8. The van der Waals surface area contributed by atoms with E-state index < -0.39 is 5.41 Å². The number of para-hydroxylation sites is 2. The van der Waals surface area contributed by atoms with E-state index in [2.05, 4.69) is 127 Å². The summed E-state index contributed by atoms with van der Waals surface area (Å²) in [6.07, 6.45) is 9.16. The molecule has 3 aliphatic rings. The molecule has 9 rings (SSSR count). The molecule has 0 saturated heterocycles. The highest BCUT2D eigenvalue weighted by atomic mass is 16.1. The van der Waals surface area contributed by atoms with Crippen LogP contribution >= 0.6 is 0 Å². The molecule has 1 aromatic heterocycles. The lowest BCUT2D eigenvalue weighted by atomic mass is 9.56. The predicted octanol–water partition coefficient (Wildman–Crippen LogP) is 8.68. The third-order valence-electron chi connectivity index (χ3n) is 9.99. The minimum Gasteiger partial charge on any atom is -0.309 e.